The molecule has 0 bridgehead atoms. The molecule has 2 atom stereocenters. The van der Waals surface area contributed by atoms with Gasteiger partial charge in [-0.3, -0.25) is 0 Å². The molecular formula is C14H21N3O2. The molecule has 1 fully saturated rings. The number of rotatable bonds is 3. The highest BCUT2D eigenvalue weighted by Crippen LogP contribution is 2.16. The Morgan fingerprint density at radius 1 is 1.53 bits per heavy atom. The van der Waals surface area contributed by atoms with Crippen molar-refractivity contribution in [3.8, 4) is 0 Å². The average Bonchev–Trinajstić information content (AvgIpc) is 2.41. The smallest absolute Gasteiger partial charge is 0.339 e. The molecule has 5 nitrogen and oxygen atoms in total. The van der Waals surface area contributed by atoms with Crippen LogP contribution in [0.1, 0.15) is 35.8 Å². The maximum atomic E-state index is 11.5. The Kier molecular flexibility index (Phi) is 4.37. The van der Waals surface area contributed by atoms with Gasteiger partial charge in [-0.25, -0.2) is 9.78 Å². The second-order valence-electron chi connectivity index (χ2n) is 4.96. The second-order valence-corrected chi connectivity index (χ2v) is 4.96. The van der Waals surface area contributed by atoms with Crippen molar-refractivity contribution in [2.24, 2.45) is 0 Å². The summed E-state index contributed by atoms with van der Waals surface area (Å²) in [6.45, 7) is 5.07. The van der Waals surface area contributed by atoms with Crippen LogP contribution in [0.15, 0.2) is 12.1 Å². The topological polar surface area (TPSA) is 63.2 Å². The van der Waals surface area contributed by atoms with E-state index in [2.05, 4.69) is 22.5 Å². The molecule has 0 amide bonds. The fourth-order valence-electron chi connectivity index (χ4n) is 2.40. The summed E-state index contributed by atoms with van der Waals surface area (Å²) in [6, 6.07) is 4.40. The minimum atomic E-state index is -0.343. The summed E-state index contributed by atoms with van der Waals surface area (Å²) in [5.41, 5.74) is 1.20. The highest BCUT2D eigenvalue weighted by Gasteiger charge is 2.21. The molecule has 0 spiro atoms. The molecule has 2 unspecified atom stereocenters. The van der Waals surface area contributed by atoms with Crippen molar-refractivity contribution in [3.63, 3.8) is 0 Å². The number of aryl methyl sites for hydroxylation is 1. The molecule has 1 saturated heterocycles. The highest BCUT2D eigenvalue weighted by molar-refractivity contribution is 5.90. The number of methoxy groups -OCH3 is 1. The Hall–Kier alpha value is -1.62. The molecular weight excluding hydrogens is 242 g/mol. The molecule has 104 valence electrons. The van der Waals surface area contributed by atoms with Gasteiger partial charge in [0.15, 0.2) is 0 Å². The lowest BCUT2D eigenvalue weighted by atomic mass is 10.00. The summed E-state index contributed by atoms with van der Waals surface area (Å²) >= 11 is 0. The zero-order chi connectivity index (χ0) is 13.8. The summed E-state index contributed by atoms with van der Waals surface area (Å²) in [4.78, 5) is 15.9. The third kappa shape index (κ3) is 3.23. The van der Waals surface area contributed by atoms with Crippen LogP contribution in [-0.4, -0.2) is 36.7 Å². The Bertz CT molecular complexity index is 462. The van der Waals surface area contributed by atoms with Gasteiger partial charge < -0.3 is 15.4 Å². The molecule has 0 radical (unpaired) electrons. The minimum absolute atomic E-state index is 0.343. The van der Waals surface area contributed by atoms with Crippen molar-refractivity contribution < 1.29 is 9.53 Å². The van der Waals surface area contributed by atoms with E-state index < -0.39 is 0 Å². The van der Waals surface area contributed by atoms with Crippen LogP contribution in [0.2, 0.25) is 0 Å². The van der Waals surface area contributed by atoms with Gasteiger partial charge in [0.25, 0.3) is 0 Å². The number of carbonyl (C=O) groups excluding carboxylic acids is 1. The SMILES string of the molecule is COC(=O)c1ccc(NC2CCCNC2C)nc1C. The number of ether oxygens (including phenoxy) is 1. The van der Waals surface area contributed by atoms with Crippen molar-refractivity contribution in [2.45, 2.75) is 38.8 Å². The van der Waals surface area contributed by atoms with Crippen molar-refractivity contribution in [1.82, 2.24) is 10.3 Å². The lowest BCUT2D eigenvalue weighted by molar-refractivity contribution is 0.0599. The molecule has 2 N–H and O–H groups in total. The van der Waals surface area contributed by atoms with Gasteiger partial charge in [-0.15, -0.1) is 0 Å². The van der Waals surface area contributed by atoms with Gasteiger partial charge in [0.2, 0.25) is 0 Å². The molecule has 2 heterocycles. The maximum absolute atomic E-state index is 11.5. The van der Waals surface area contributed by atoms with Gasteiger partial charge in [-0.05, 0) is 45.4 Å². The highest BCUT2D eigenvalue weighted by atomic mass is 16.5. The number of hydrogen-bond donors (Lipinski definition) is 2. The van der Waals surface area contributed by atoms with Gasteiger partial charge in [0.05, 0.1) is 18.4 Å². The molecule has 1 aromatic rings. The predicted octanol–water partition coefficient (Wildman–Crippen LogP) is 1.73. The number of nitrogens with one attached hydrogen (secondary N) is 2. The zero-order valence-corrected chi connectivity index (χ0v) is 11.7. The van der Waals surface area contributed by atoms with Crippen molar-refractivity contribution in [1.29, 1.82) is 0 Å². The van der Waals surface area contributed by atoms with Gasteiger partial charge in [-0.2, -0.15) is 0 Å². The van der Waals surface area contributed by atoms with E-state index in [4.69, 9.17) is 4.74 Å². The molecule has 1 aliphatic rings. The van der Waals surface area contributed by atoms with E-state index in [-0.39, 0.29) is 5.97 Å². The number of pyridine rings is 1. The van der Waals surface area contributed by atoms with Crippen LogP contribution in [0, 0.1) is 6.92 Å². The van der Waals surface area contributed by atoms with Crippen LogP contribution in [0.25, 0.3) is 0 Å². The first-order valence-electron chi connectivity index (χ1n) is 6.67. The van der Waals surface area contributed by atoms with Crippen LogP contribution in [-0.2, 0) is 4.74 Å². The molecule has 0 aromatic carbocycles. The van der Waals surface area contributed by atoms with Crippen LogP contribution >= 0.6 is 0 Å². The number of aromatic nitrogens is 1. The molecule has 0 aliphatic carbocycles. The van der Waals surface area contributed by atoms with E-state index >= 15 is 0 Å². The minimum Gasteiger partial charge on any atom is -0.465 e. The summed E-state index contributed by atoms with van der Waals surface area (Å²) in [7, 11) is 1.38. The molecule has 2 rings (SSSR count). The summed E-state index contributed by atoms with van der Waals surface area (Å²) < 4.78 is 4.71. The van der Waals surface area contributed by atoms with Crippen molar-refractivity contribution in [3.05, 3.63) is 23.4 Å². The normalized spacial score (nSPS) is 22.9. The number of nitrogens with zero attached hydrogens (tertiary/aromatic N) is 1. The van der Waals surface area contributed by atoms with Crippen LogP contribution in [0.5, 0.6) is 0 Å². The number of anilines is 1. The Labute approximate surface area is 113 Å². The van der Waals surface area contributed by atoms with E-state index in [0.29, 0.717) is 23.3 Å². The quantitative estimate of drug-likeness (QED) is 0.813. The van der Waals surface area contributed by atoms with Gasteiger partial charge in [-0.1, -0.05) is 0 Å². The third-order valence-electron chi connectivity index (χ3n) is 3.59. The average molecular weight is 263 g/mol. The predicted molar refractivity (Wildman–Crippen MR) is 74.4 cm³/mol. The Morgan fingerprint density at radius 3 is 2.95 bits per heavy atom. The lowest BCUT2D eigenvalue weighted by Gasteiger charge is -2.31. The first kappa shape index (κ1) is 13.8. The largest absolute Gasteiger partial charge is 0.465 e. The Balaban J connectivity index is 2.09. The third-order valence-corrected chi connectivity index (χ3v) is 3.59. The first-order valence-corrected chi connectivity index (χ1v) is 6.67. The standard InChI is InChI=1S/C14H21N3O2/c1-9-11(14(18)19-3)6-7-13(16-9)17-12-5-4-8-15-10(12)2/h6-7,10,12,15H,4-5,8H2,1-3H3,(H,16,17). The van der Waals surface area contributed by atoms with Crippen LogP contribution < -0.4 is 10.6 Å². The molecule has 0 saturated carbocycles. The van der Waals surface area contributed by atoms with E-state index in [1.807, 2.05) is 13.0 Å². The number of hydrogen-bond acceptors (Lipinski definition) is 5. The number of carbonyl (C=O) groups is 1. The van der Waals surface area contributed by atoms with E-state index in [1.165, 1.54) is 13.5 Å². The lowest BCUT2D eigenvalue weighted by Crippen LogP contribution is -2.46. The summed E-state index contributed by atoms with van der Waals surface area (Å²) in [5, 5.41) is 6.87. The van der Waals surface area contributed by atoms with E-state index in [1.54, 1.807) is 6.07 Å². The van der Waals surface area contributed by atoms with E-state index in [0.717, 1.165) is 18.8 Å². The second kappa shape index (κ2) is 6.02. The fourth-order valence-corrected chi connectivity index (χ4v) is 2.40. The summed E-state index contributed by atoms with van der Waals surface area (Å²) in [6.07, 6.45) is 2.30. The maximum Gasteiger partial charge on any atom is 0.339 e. The van der Waals surface area contributed by atoms with Gasteiger partial charge in [0, 0.05) is 12.1 Å². The Morgan fingerprint density at radius 2 is 2.32 bits per heavy atom. The fraction of sp³-hybridized carbons (Fsp3) is 0.571. The zero-order valence-electron chi connectivity index (χ0n) is 11.7. The van der Waals surface area contributed by atoms with Crippen molar-refractivity contribution in [2.75, 3.05) is 19.0 Å². The number of piperidine rings is 1. The van der Waals surface area contributed by atoms with Crippen molar-refractivity contribution >= 4 is 11.8 Å². The monoisotopic (exact) mass is 263 g/mol. The molecule has 1 aromatic heterocycles. The molecule has 19 heavy (non-hydrogen) atoms. The van der Waals surface area contributed by atoms with Gasteiger partial charge in [0.1, 0.15) is 5.82 Å². The first-order chi connectivity index (χ1) is 9.11. The molecule has 5 heteroatoms. The van der Waals surface area contributed by atoms with Crippen LogP contribution in [0.4, 0.5) is 5.82 Å². The molecule has 1 aliphatic heterocycles. The number of esters is 1. The summed E-state index contributed by atoms with van der Waals surface area (Å²) in [5.74, 6) is 0.468. The van der Waals surface area contributed by atoms with Gasteiger partial charge >= 0.3 is 5.97 Å². The van der Waals surface area contributed by atoms with Crippen LogP contribution in [0.3, 0.4) is 0 Å². The van der Waals surface area contributed by atoms with E-state index in [9.17, 15) is 4.79 Å².